The average molecular weight is 367 g/mol. The number of aromatic nitrogens is 3. The molecule has 0 amide bonds. The largest absolute Gasteiger partial charge is 0.491 e. The highest BCUT2D eigenvalue weighted by atomic mass is 16.5. The molecule has 142 valence electrons. The van der Waals surface area contributed by atoms with Crippen LogP contribution in [0, 0.1) is 6.92 Å². The summed E-state index contributed by atoms with van der Waals surface area (Å²) in [5.74, 6) is 0.732. The molecule has 0 bridgehead atoms. The Kier molecular flexibility index (Phi) is 5.28. The van der Waals surface area contributed by atoms with Gasteiger partial charge in [-0.3, -0.25) is 9.36 Å². The summed E-state index contributed by atoms with van der Waals surface area (Å²) < 4.78 is 7.15. The number of nitrogens with zero attached hydrogens (tertiary/aromatic N) is 3. The van der Waals surface area contributed by atoms with Crippen LogP contribution in [0.1, 0.15) is 31.9 Å². The lowest BCUT2D eigenvalue weighted by Crippen LogP contribution is -2.30. The standard InChI is InChI=1S/C21H25N3O3/c1-14-10-15(21(2,3)4)7-8-18(14)27-12-16(25)11-24-13-23-19-17(20(24)26)6-5-9-22-19/h5-10,13,16,25H,11-12H2,1-4H3/t16-/m1/s1. The highest BCUT2D eigenvalue weighted by Gasteiger charge is 2.16. The van der Waals surface area contributed by atoms with Crippen LogP contribution in [0.5, 0.6) is 5.75 Å². The second-order valence-corrected chi connectivity index (χ2v) is 7.77. The molecular formula is C21H25N3O3. The molecule has 0 fully saturated rings. The fraction of sp³-hybridized carbons (Fsp3) is 0.381. The van der Waals surface area contributed by atoms with E-state index in [4.69, 9.17) is 4.74 Å². The molecule has 0 saturated carbocycles. The number of aliphatic hydroxyl groups is 1. The monoisotopic (exact) mass is 367 g/mol. The summed E-state index contributed by atoms with van der Waals surface area (Å²) in [6, 6.07) is 9.44. The summed E-state index contributed by atoms with van der Waals surface area (Å²) in [7, 11) is 0. The van der Waals surface area contributed by atoms with Gasteiger partial charge >= 0.3 is 0 Å². The molecule has 27 heavy (non-hydrogen) atoms. The molecule has 1 aromatic carbocycles. The Morgan fingerprint density at radius 3 is 2.70 bits per heavy atom. The SMILES string of the molecule is Cc1cc(C(C)(C)C)ccc1OC[C@H](O)Cn1cnc2ncccc2c1=O. The lowest BCUT2D eigenvalue weighted by atomic mass is 9.86. The van der Waals surface area contributed by atoms with Gasteiger partial charge in [0.05, 0.1) is 11.9 Å². The zero-order valence-corrected chi connectivity index (χ0v) is 16.1. The number of hydrogen-bond acceptors (Lipinski definition) is 5. The number of pyridine rings is 1. The third-order valence-corrected chi connectivity index (χ3v) is 4.48. The molecule has 0 aliphatic carbocycles. The van der Waals surface area contributed by atoms with Crippen molar-refractivity contribution in [2.75, 3.05) is 6.61 Å². The second-order valence-electron chi connectivity index (χ2n) is 7.77. The van der Waals surface area contributed by atoms with Gasteiger partial charge in [-0.2, -0.15) is 0 Å². The van der Waals surface area contributed by atoms with Gasteiger partial charge in [-0.05, 0) is 41.7 Å². The zero-order chi connectivity index (χ0) is 19.6. The van der Waals surface area contributed by atoms with E-state index < -0.39 is 6.10 Å². The van der Waals surface area contributed by atoms with Crippen molar-refractivity contribution in [2.45, 2.75) is 45.8 Å². The van der Waals surface area contributed by atoms with Gasteiger partial charge in [0, 0.05) is 6.20 Å². The van der Waals surface area contributed by atoms with Gasteiger partial charge in [-0.15, -0.1) is 0 Å². The van der Waals surface area contributed by atoms with E-state index in [2.05, 4.69) is 36.8 Å². The summed E-state index contributed by atoms with van der Waals surface area (Å²) >= 11 is 0. The van der Waals surface area contributed by atoms with Gasteiger partial charge < -0.3 is 9.84 Å². The highest BCUT2D eigenvalue weighted by Crippen LogP contribution is 2.27. The van der Waals surface area contributed by atoms with Crippen molar-refractivity contribution < 1.29 is 9.84 Å². The minimum absolute atomic E-state index is 0.0713. The highest BCUT2D eigenvalue weighted by molar-refractivity contribution is 5.72. The smallest absolute Gasteiger partial charge is 0.262 e. The van der Waals surface area contributed by atoms with Gasteiger partial charge in [0.1, 0.15) is 24.8 Å². The fourth-order valence-electron chi connectivity index (χ4n) is 2.87. The van der Waals surface area contributed by atoms with Gasteiger partial charge in [0.2, 0.25) is 0 Å². The third-order valence-electron chi connectivity index (χ3n) is 4.48. The molecule has 6 heteroatoms. The summed E-state index contributed by atoms with van der Waals surface area (Å²) in [5.41, 5.74) is 2.50. The van der Waals surface area contributed by atoms with E-state index in [1.807, 2.05) is 19.1 Å². The molecule has 1 atom stereocenters. The van der Waals surface area contributed by atoms with Crippen LogP contribution < -0.4 is 10.3 Å². The van der Waals surface area contributed by atoms with Gasteiger partial charge in [0.15, 0.2) is 5.65 Å². The zero-order valence-electron chi connectivity index (χ0n) is 16.1. The van der Waals surface area contributed by atoms with Crippen LogP contribution in [0.4, 0.5) is 0 Å². The van der Waals surface area contributed by atoms with E-state index in [0.717, 1.165) is 11.3 Å². The van der Waals surface area contributed by atoms with Crippen LogP contribution in [0.25, 0.3) is 11.0 Å². The van der Waals surface area contributed by atoms with E-state index in [0.29, 0.717) is 11.0 Å². The number of ether oxygens (including phenoxy) is 1. The van der Waals surface area contributed by atoms with Crippen LogP contribution >= 0.6 is 0 Å². The maximum absolute atomic E-state index is 12.5. The average Bonchev–Trinajstić information content (AvgIpc) is 2.62. The third kappa shape index (κ3) is 4.34. The van der Waals surface area contributed by atoms with Crippen molar-refractivity contribution in [3.05, 3.63) is 64.3 Å². The Morgan fingerprint density at radius 2 is 2.00 bits per heavy atom. The maximum atomic E-state index is 12.5. The Bertz CT molecular complexity index is 1010. The van der Waals surface area contributed by atoms with E-state index in [9.17, 15) is 9.90 Å². The normalized spacial score (nSPS) is 12.9. The van der Waals surface area contributed by atoms with E-state index >= 15 is 0 Å². The van der Waals surface area contributed by atoms with Crippen molar-refractivity contribution in [3.8, 4) is 5.75 Å². The fourth-order valence-corrected chi connectivity index (χ4v) is 2.87. The molecular weight excluding hydrogens is 342 g/mol. The van der Waals surface area contributed by atoms with E-state index in [1.165, 1.54) is 16.5 Å². The lowest BCUT2D eigenvalue weighted by Gasteiger charge is -2.21. The molecule has 6 nitrogen and oxygen atoms in total. The quantitative estimate of drug-likeness (QED) is 0.750. The second kappa shape index (κ2) is 7.48. The van der Waals surface area contributed by atoms with Gasteiger partial charge in [0.25, 0.3) is 5.56 Å². The lowest BCUT2D eigenvalue weighted by molar-refractivity contribution is 0.0911. The first-order valence-corrected chi connectivity index (χ1v) is 8.98. The van der Waals surface area contributed by atoms with E-state index in [1.54, 1.807) is 18.3 Å². The minimum atomic E-state index is -0.833. The Balaban J connectivity index is 1.68. The molecule has 0 aliphatic rings. The van der Waals surface area contributed by atoms with Crippen LogP contribution in [0.2, 0.25) is 0 Å². The van der Waals surface area contributed by atoms with Crippen molar-refractivity contribution in [1.29, 1.82) is 0 Å². The van der Waals surface area contributed by atoms with Crippen molar-refractivity contribution in [2.24, 2.45) is 0 Å². The van der Waals surface area contributed by atoms with Crippen molar-refractivity contribution in [1.82, 2.24) is 14.5 Å². The molecule has 0 unspecified atom stereocenters. The van der Waals surface area contributed by atoms with E-state index in [-0.39, 0.29) is 24.1 Å². The van der Waals surface area contributed by atoms with Crippen molar-refractivity contribution >= 4 is 11.0 Å². The number of aliphatic hydroxyl groups excluding tert-OH is 1. The summed E-state index contributed by atoms with van der Waals surface area (Å²) in [4.78, 5) is 20.7. The van der Waals surface area contributed by atoms with Gasteiger partial charge in [-0.25, -0.2) is 9.97 Å². The number of aryl methyl sites for hydroxylation is 1. The molecule has 2 aromatic heterocycles. The predicted molar refractivity (Wildman–Crippen MR) is 105 cm³/mol. The summed E-state index contributed by atoms with van der Waals surface area (Å²) in [5, 5.41) is 10.7. The molecule has 0 saturated heterocycles. The van der Waals surface area contributed by atoms with Crippen LogP contribution in [0.15, 0.2) is 47.7 Å². The van der Waals surface area contributed by atoms with Crippen LogP contribution in [-0.4, -0.2) is 32.4 Å². The first kappa shape index (κ1) is 19.0. The topological polar surface area (TPSA) is 77.2 Å². The molecule has 3 aromatic rings. The van der Waals surface area contributed by atoms with Crippen LogP contribution in [-0.2, 0) is 12.0 Å². The first-order chi connectivity index (χ1) is 12.8. The number of benzene rings is 1. The first-order valence-electron chi connectivity index (χ1n) is 8.98. The molecule has 0 spiro atoms. The number of hydrogen-bond donors (Lipinski definition) is 1. The molecule has 1 N–H and O–H groups in total. The molecule has 2 heterocycles. The number of rotatable bonds is 5. The predicted octanol–water partition coefficient (Wildman–Crippen LogP) is 2.84. The summed E-state index contributed by atoms with van der Waals surface area (Å²) in [6.45, 7) is 8.68. The van der Waals surface area contributed by atoms with Gasteiger partial charge in [-0.1, -0.05) is 32.9 Å². The number of fused-ring (bicyclic) bond motifs is 1. The molecule has 0 radical (unpaired) electrons. The Hall–Kier alpha value is -2.73. The maximum Gasteiger partial charge on any atom is 0.262 e. The summed E-state index contributed by atoms with van der Waals surface area (Å²) in [6.07, 6.45) is 2.17. The Morgan fingerprint density at radius 1 is 1.22 bits per heavy atom. The van der Waals surface area contributed by atoms with Crippen LogP contribution in [0.3, 0.4) is 0 Å². The molecule has 0 aliphatic heterocycles. The molecule has 3 rings (SSSR count). The minimum Gasteiger partial charge on any atom is -0.491 e. The van der Waals surface area contributed by atoms with Crippen molar-refractivity contribution in [3.63, 3.8) is 0 Å². The Labute approximate surface area is 158 Å².